The van der Waals surface area contributed by atoms with E-state index in [1.54, 1.807) is 0 Å². The lowest BCUT2D eigenvalue weighted by molar-refractivity contribution is 0.381. The second-order valence-electron chi connectivity index (χ2n) is 3.30. The quantitative estimate of drug-likeness (QED) is 0.591. The molecule has 1 unspecified atom stereocenters. The van der Waals surface area contributed by atoms with Gasteiger partial charge in [0.1, 0.15) is 0 Å². The summed E-state index contributed by atoms with van der Waals surface area (Å²) in [7, 11) is -4.67. The predicted molar refractivity (Wildman–Crippen MR) is 77.2 cm³/mol. The van der Waals surface area contributed by atoms with Gasteiger partial charge in [-0.25, -0.2) is 0 Å². The van der Waals surface area contributed by atoms with Crippen molar-refractivity contribution >= 4 is 35.1 Å². The van der Waals surface area contributed by atoms with Gasteiger partial charge in [-0.05, 0) is 16.1 Å². The maximum atomic E-state index is 8.74. The summed E-state index contributed by atoms with van der Waals surface area (Å²) in [5.41, 5.74) is 1.45. The van der Waals surface area contributed by atoms with Crippen LogP contribution >= 0.6 is 20.7 Å². The Labute approximate surface area is 111 Å². The molecule has 17 heavy (non-hydrogen) atoms. The fourth-order valence-corrected chi connectivity index (χ4v) is 3.23. The Morgan fingerprint density at radius 1 is 1.18 bits per heavy atom. The molecule has 94 valence electrons. The molecule has 1 aliphatic rings. The number of benzene rings is 1. The van der Waals surface area contributed by atoms with Crippen LogP contribution in [0.3, 0.4) is 0 Å². The van der Waals surface area contributed by atoms with Crippen molar-refractivity contribution < 1.29 is 17.5 Å². The van der Waals surface area contributed by atoms with Crippen molar-refractivity contribution in [1.82, 2.24) is 0 Å². The Kier molecular flexibility index (Phi) is 5.96. The van der Waals surface area contributed by atoms with E-state index < -0.39 is 10.4 Å². The van der Waals surface area contributed by atoms with E-state index in [2.05, 4.69) is 44.5 Å². The smallest absolute Gasteiger partial charge is 0.264 e. The molecular formula is C11H13IO4S. The molecule has 1 aliphatic heterocycles. The Bertz CT molecular complexity index is 485. The van der Waals surface area contributed by atoms with Crippen molar-refractivity contribution in [3.63, 3.8) is 0 Å². The maximum Gasteiger partial charge on any atom is 0.394 e. The maximum absolute atomic E-state index is 8.74. The summed E-state index contributed by atoms with van der Waals surface area (Å²) in [6.45, 7) is 0. The SMILES string of the molecule is C1=CC(c2ccccc2)CC=I1.O=S(=O)(O)O. The standard InChI is InChI=1S/C11H11I.H2O4S/c1-2-4-10(5-3-1)11-6-8-12-9-7-11;1-5(2,3)4/h1-6,8-9,11H,7H2;(H2,1,2,3,4). The molecule has 1 aromatic rings. The van der Waals surface area contributed by atoms with Crippen LogP contribution in [0.15, 0.2) is 40.5 Å². The zero-order valence-electron chi connectivity index (χ0n) is 8.90. The van der Waals surface area contributed by atoms with E-state index in [1.807, 2.05) is 0 Å². The van der Waals surface area contributed by atoms with Crippen LogP contribution in [0.4, 0.5) is 0 Å². The lowest BCUT2D eigenvalue weighted by atomic mass is 9.97. The molecule has 2 rings (SSSR count). The molecule has 0 saturated carbocycles. The number of allylic oxidation sites excluding steroid dienone is 1. The highest BCUT2D eigenvalue weighted by atomic mass is 127. The summed E-state index contributed by atoms with van der Waals surface area (Å²) in [6, 6.07) is 10.7. The number of rotatable bonds is 1. The van der Waals surface area contributed by atoms with Crippen LogP contribution in [0.5, 0.6) is 0 Å². The summed E-state index contributed by atoms with van der Waals surface area (Å²) in [4.78, 5) is 0. The van der Waals surface area contributed by atoms with Gasteiger partial charge in [0.15, 0.2) is 0 Å². The van der Waals surface area contributed by atoms with Gasteiger partial charge in [-0.2, -0.15) is 8.42 Å². The summed E-state index contributed by atoms with van der Waals surface area (Å²) in [5.74, 6) is 0.652. The minimum Gasteiger partial charge on any atom is -0.264 e. The first-order valence-corrected chi connectivity index (χ1v) is 8.71. The normalized spacial score (nSPS) is 18.8. The molecule has 0 spiro atoms. The molecule has 1 aromatic carbocycles. The van der Waals surface area contributed by atoms with E-state index in [0.29, 0.717) is 26.6 Å². The predicted octanol–water partition coefficient (Wildman–Crippen LogP) is 2.81. The fraction of sp³-hybridized carbons (Fsp3) is 0.182. The Morgan fingerprint density at radius 2 is 1.76 bits per heavy atom. The summed E-state index contributed by atoms with van der Waals surface area (Å²) < 4.78 is 36.4. The average Bonchev–Trinajstić information content (AvgIpc) is 2.29. The van der Waals surface area contributed by atoms with Crippen molar-refractivity contribution in [1.29, 1.82) is 0 Å². The molecule has 1 heterocycles. The molecule has 0 radical (unpaired) electrons. The van der Waals surface area contributed by atoms with Gasteiger partial charge in [0.05, 0.1) is 0 Å². The van der Waals surface area contributed by atoms with Gasteiger partial charge in [0.2, 0.25) is 0 Å². The zero-order valence-corrected chi connectivity index (χ0v) is 11.9. The van der Waals surface area contributed by atoms with Crippen LogP contribution in [-0.2, 0) is 10.4 Å². The first kappa shape index (κ1) is 14.5. The number of hydrogen-bond acceptors (Lipinski definition) is 2. The van der Waals surface area contributed by atoms with Crippen LogP contribution < -0.4 is 0 Å². The second-order valence-corrected chi connectivity index (χ2v) is 6.51. The third-order valence-corrected chi connectivity index (χ3v) is 3.89. The van der Waals surface area contributed by atoms with Crippen molar-refractivity contribution in [2.24, 2.45) is 0 Å². The molecule has 2 N–H and O–H groups in total. The van der Waals surface area contributed by atoms with E-state index in [9.17, 15) is 0 Å². The molecule has 1 atom stereocenters. The molecule has 4 nitrogen and oxygen atoms in total. The second kappa shape index (κ2) is 7.00. The number of hydrogen-bond donors (Lipinski definition) is 2. The minimum absolute atomic E-state index is 0.290. The molecule has 0 aliphatic carbocycles. The van der Waals surface area contributed by atoms with Gasteiger partial charge >= 0.3 is 10.4 Å². The van der Waals surface area contributed by atoms with E-state index in [-0.39, 0.29) is 0 Å². The Hall–Kier alpha value is -0.570. The first-order chi connectivity index (χ1) is 7.97. The van der Waals surface area contributed by atoms with E-state index in [1.165, 1.54) is 12.0 Å². The van der Waals surface area contributed by atoms with Gasteiger partial charge in [-0.15, -0.1) is 0 Å². The van der Waals surface area contributed by atoms with E-state index >= 15 is 0 Å². The lowest BCUT2D eigenvalue weighted by Gasteiger charge is -2.11. The first-order valence-electron chi connectivity index (χ1n) is 4.82. The highest BCUT2D eigenvalue weighted by Crippen LogP contribution is 2.25. The van der Waals surface area contributed by atoms with Crippen molar-refractivity contribution in [2.75, 3.05) is 0 Å². The third kappa shape index (κ3) is 7.37. The lowest BCUT2D eigenvalue weighted by Crippen LogP contribution is -1.96. The number of halogens is 1. The van der Waals surface area contributed by atoms with Crippen LogP contribution in [0.25, 0.3) is 0 Å². The molecule has 0 saturated heterocycles. The highest BCUT2D eigenvalue weighted by molar-refractivity contribution is 14.2. The van der Waals surface area contributed by atoms with Gasteiger partial charge in [-0.1, -0.05) is 61.2 Å². The van der Waals surface area contributed by atoms with Gasteiger partial charge in [-0.3, -0.25) is 9.11 Å². The molecular weight excluding hydrogens is 355 g/mol. The third-order valence-electron chi connectivity index (χ3n) is 2.04. The minimum atomic E-state index is -4.67. The molecule has 0 bridgehead atoms. The van der Waals surface area contributed by atoms with Crippen molar-refractivity contribution in [3.05, 3.63) is 46.1 Å². The topological polar surface area (TPSA) is 74.6 Å². The van der Waals surface area contributed by atoms with Crippen molar-refractivity contribution in [3.8, 4) is 0 Å². The fourth-order valence-electron chi connectivity index (χ4n) is 1.35. The molecule has 0 fully saturated rings. The van der Waals surface area contributed by atoms with Gasteiger partial charge < -0.3 is 0 Å². The summed E-state index contributed by atoms with van der Waals surface area (Å²) in [6.07, 6.45) is 3.61. The largest absolute Gasteiger partial charge is 0.394 e. The molecule has 0 aromatic heterocycles. The van der Waals surface area contributed by atoms with Crippen LogP contribution in [-0.4, -0.2) is 21.5 Å². The zero-order chi connectivity index (χ0) is 12.7. The Morgan fingerprint density at radius 3 is 2.24 bits per heavy atom. The van der Waals surface area contributed by atoms with Crippen molar-refractivity contribution in [2.45, 2.75) is 12.3 Å². The molecule has 6 heteroatoms. The van der Waals surface area contributed by atoms with E-state index in [0.717, 1.165) is 0 Å². The molecule has 0 amide bonds. The van der Waals surface area contributed by atoms with E-state index in [4.69, 9.17) is 17.5 Å². The Balaban J connectivity index is 0.000000249. The van der Waals surface area contributed by atoms with Gasteiger partial charge in [0, 0.05) is 5.92 Å². The monoisotopic (exact) mass is 368 g/mol. The highest BCUT2D eigenvalue weighted by Gasteiger charge is 2.06. The summed E-state index contributed by atoms with van der Waals surface area (Å²) in [5, 5.41) is 0. The van der Waals surface area contributed by atoms with Crippen LogP contribution in [0.2, 0.25) is 0 Å². The summed E-state index contributed by atoms with van der Waals surface area (Å²) >= 11 is 0.290. The van der Waals surface area contributed by atoms with Crippen LogP contribution in [0.1, 0.15) is 17.9 Å². The van der Waals surface area contributed by atoms with Crippen LogP contribution in [0, 0.1) is 0 Å². The van der Waals surface area contributed by atoms with Gasteiger partial charge in [0.25, 0.3) is 0 Å². The average molecular weight is 368 g/mol.